The number of carboxylic acids is 1. The molecule has 2 rings (SSSR count). The molecule has 1 heterocycles. The number of hydrogen-bond donors (Lipinski definition) is 2. The number of carboxylic acid groups (broad SMARTS) is 1. The van der Waals surface area contributed by atoms with Gasteiger partial charge in [-0.1, -0.05) is 0 Å². The second-order valence-electron chi connectivity index (χ2n) is 5.41. The summed E-state index contributed by atoms with van der Waals surface area (Å²) in [6, 6.07) is 2.57. The molecule has 6 heteroatoms. The van der Waals surface area contributed by atoms with Crippen molar-refractivity contribution in [2.24, 2.45) is 0 Å². The van der Waals surface area contributed by atoms with Gasteiger partial charge in [0.1, 0.15) is 0 Å². The first-order chi connectivity index (χ1) is 9.81. The molecule has 0 spiro atoms. The first-order valence-electron chi connectivity index (χ1n) is 6.68. The van der Waals surface area contributed by atoms with Crippen molar-refractivity contribution in [3.05, 3.63) is 29.2 Å². The van der Waals surface area contributed by atoms with Crippen LogP contribution in [0, 0.1) is 12.7 Å². The number of phenolic OH excluding ortho intramolecular Hbond substituents is 1. The summed E-state index contributed by atoms with van der Waals surface area (Å²) in [4.78, 5) is 13.0. The zero-order valence-corrected chi connectivity index (χ0v) is 12.4. The minimum atomic E-state index is -0.950. The van der Waals surface area contributed by atoms with E-state index in [1.807, 2.05) is 30.5 Å². The van der Waals surface area contributed by atoms with Crippen molar-refractivity contribution in [1.29, 1.82) is 0 Å². The fraction of sp³-hybridized carbons (Fsp3) is 0.400. The summed E-state index contributed by atoms with van der Waals surface area (Å²) in [5.74, 6) is -2.11. The summed E-state index contributed by atoms with van der Waals surface area (Å²) in [5, 5.41) is 19.2. The molecule has 1 aromatic carbocycles. The molecule has 2 N–H and O–H groups in total. The molecular weight excluding hydrogens is 275 g/mol. The highest BCUT2D eigenvalue weighted by Gasteiger charge is 2.18. The number of aliphatic carboxylic acids is 1. The number of hydrogen-bond acceptors (Lipinski definition) is 3. The van der Waals surface area contributed by atoms with Crippen molar-refractivity contribution in [2.75, 3.05) is 20.6 Å². The lowest BCUT2D eigenvalue weighted by atomic mass is 10.1. The Morgan fingerprint density at radius 1 is 1.38 bits per heavy atom. The minimum Gasteiger partial charge on any atom is -0.505 e. The maximum Gasteiger partial charge on any atom is 0.307 e. The van der Waals surface area contributed by atoms with E-state index < -0.39 is 17.5 Å². The van der Waals surface area contributed by atoms with Crippen LogP contribution in [0.2, 0.25) is 0 Å². The van der Waals surface area contributed by atoms with Gasteiger partial charge in [-0.05, 0) is 32.6 Å². The fourth-order valence-corrected chi connectivity index (χ4v) is 2.52. The molecule has 2 aromatic rings. The monoisotopic (exact) mass is 294 g/mol. The molecule has 21 heavy (non-hydrogen) atoms. The van der Waals surface area contributed by atoms with E-state index in [2.05, 4.69) is 0 Å². The normalized spacial score (nSPS) is 11.5. The minimum absolute atomic E-state index is 0.150. The lowest BCUT2D eigenvalue weighted by molar-refractivity contribution is -0.136. The summed E-state index contributed by atoms with van der Waals surface area (Å²) in [6.45, 7) is 3.20. The molecule has 0 aliphatic carbocycles. The number of benzene rings is 1. The van der Waals surface area contributed by atoms with Crippen molar-refractivity contribution in [3.8, 4) is 5.75 Å². The Labute approximate surface area is 122 Å². The molecule has 0 aliphatic rings. The summed E-state index contributed by atoms with van der Waals surface area (Å²) in [6.07, 6.45) is -0.150. The van der Waals surface area contributed by atoms with Gasteiger partial charge in [-0.3, -0.25) is 4.79 Å². The van der Waals surface area contributed by atoms with Gasteiger partial charge in [-0.2, -0.15) is 0 Å². The molecule has 0 aliphatic heterocycles. The second-order valence-corrected chi connectivity index (χ2v) is 5.41. The highest BCUT2D eigenvalue weighted by atomic mass is 19.1. The van der Waals surface area contributed by atoms with Gasteiger partial charge in [0, 0.05) is 30.2 Å². The zero-order chi connectivity index (χ0) is 15.7. The molecule has 5 nitrogen and oxygen atoms in total. The topological polar surface area (TPSA) is 65.7 Å². The van der Waals surface area contributed by atoms with E-state index in [9.17, 15) is 14.3 Å². The third-order valence-corrected chi connectivity index (χ3v) is 3.62. The van der Waals surface area contributed by atoms with Gasteiger partial charge in [0.2, 0.25) is 0 Å². The number of carbonyl (C=O) groups is 1. The Morgan fingerprint density at radius 3 is 2.62 bits per heavy atom. The van der Waals surface area contributed by atoms with Crippen LogP contribution in [0.4, 0.5) is 4.39 Å². The molecular formula is C15H19FN2O3. The predicted molar refractivity (Wildman–Crippen MR) is 78.2 cm³/mol. The third-order valence-electron chi connectivity index (χ3n) is 3.62. The number of halogens is 1. The van der Waals surface area contributed by atoms with Crippen molar-refractivity contribution < 1.29 is 19.4 Å². The van der Waals surface area contributed by atoms with E-state index in [0.29, 0.717) is 23.0 Å². The Hall–Kier alpha value is -2.08. The van der Waals surface area contributed by atoms with Gasteiger partial charge in [0.15, 0.2) is 11.6 Å². The van der Waals surface area contributed by atoms with E-state index in [-0.39, 0.29) is 6.42 Å². The number of aromatic nitrogens is 1. The molecule has 1 aromatic heterocycles. The van der Waals surface area contributed by atoms with E-state index in [1.165, 1.54) is 12.1 Å². The molecule has 114 valence electrons. The standard InChI is InChI=1S/C15H19FN2O3/c1-9-10(7-15(20)21)11-6-14(19)12(16)8-13(11)18(9)5-4-17(2)3/h6,8,19H,4-5,7H2,1-3H3,(H,20,21). The van der Waals surface area contributed by atoms with Gasteiger partial charge in [-0.25, -0.2) is 4.39 Å². The summed E-state index contributed by atoms with van der Waals surface area (Å²) in [5.41, 5.74) is 2.02. The van der Waals surface area contributed by atoms with Crippen LogP contribution in [0.5, 0.6) is 5.75 Å². The van der Waals surface area contributed by atoms with Gasteiger partial charge in [0.25, 0.3) is 0 Å². The van der Waals surface area contributed by atoms with Crippen molar-refractivity contribution in [1.82, 2.24) is 9.47 Å². The average molecular weight is 294 g/mol. The van der Waals surface area contributed by atoms with E-state index >= 15 is 0 Å². The smallest absolute Gasteiger partial charge is 0.307 e. The quantitative estimate of drug-likeness (QED) is 0.885. The van der Waals surface area contributed by atoms with E-state index in [4.69, 9.17) is 5.11 Å². The van der Waals surface area contributed by atoms with Crippen LogP contribution in [-0.4, -0.2) is 46.3 Å². The SMILES string of the molecule is Cc1c(CC(=O)O)c2cc(O)c(F)cc2n1CCN(C)C. The van der Waals surface area contributed by atoms with Gasteiger partial charge in [0.05, 0.1) is 11.9 Å². The van der Waals surface area contributed by atoms with Crippen LogP contribution in [0.3, 0.4) is 0 Å². The lowest BCUT2D eigenvalue weighted by Crippen LogP contribution is -2.19. The van der Waals surface area contributed by atoms with Crippen molar-refractivity contribution >= 4 is 16.9 Å². The number of rotatable bonds is 5. The largest absolute Gasteiger partial charge is 0.505 e. The Bertz CT molecular complexity index is 692. The Balaban J connectivity index is 2.63. The summed E-state index contributed by atoms with van der Waals surface area (Å²) < 4.78 is 15.5. The van der Waals surface area contributed by atoms with E-state index in [1.54, 1.807) is 0 Å². The number of phenols is 1. The van der Waals surface area contributed by atoms with Crippen LogP contribution in [0.1, 0.15) is 11.3 Å². The first-order valence-corrected chi connectivity index (χ1v) is 6.68. The Kier molecular flexibility index (Phi) is 4.18. The first kappa shape index (κ1) is 15.3. The maximum absolute atomic E-state index is 13.6. The summed E-state index contributed by atoms with van der Waals surface area (Å²) >= 11 is 0. The van der Waals surface area contributed by atoms with Crippen molar-refractivity contribution in [2.45, 2.75) is 19.9 Å². The molecule has 0 bridgehead atoms. The van der Waals surface area contributed by atoms with Crippen LogP contribution in [0.25, 0.3) is 10.9 Å². The van der Waals surface area contributed by atoms with Crippen LogP contribution < -0.4 is 0 Å². The Morgan fingerprint density at radius 2 is 2.05 bits per heavy atom. The zero-order valence-electron chi connectivity index (χ0n) is 12.4. The average Bonchev–Trinajstić information content (AvgIpc) is 2.61. The number of aromatic hydroxyl groups is 1. The highest BCUT2D eigenvalue weighted by molar-refractivity contribution is 5.90. The molecule has 0 fully saturated rings. The van der Waals surface area contributed by atoms with E-state index in [0.717, 1.165) is 12.2 Å². The van der Waals surface area contributed by atoms with Gasteiger partial charge >= 0.3 is 5.97 Å². The molecule has 0 amide bonds. The lowest BCUT2D eigenvalue weighted by Gasteiger charge is -2.13. The van der Waals surface area contributed by atoms with Crippen LogP contribution in [-0.2, 0) is 17.8 Å². The molecule has 0 radical (unpaired) electrons. The second kappa shape index (κ2) is 5.73. The predicted octanol–water partition coefficient (Wildman–Crippen LogP) is 1.98. The number of nitrogens with zero attached hydrogens (tertiary/aromatic N) is 2. The maximum atomic E-state index is 13.6. The third kappa shape index (κ3) is 3.00. The molecule has 0 saturated carbocycles. The molecule has 0 unspecified atom stereocenters. The number of likely N-dealkylation sites (N-methyl/N-ethyl adjacent to an activating group) is 1. The van der Waals surface area contributed by atoms with Crippen LogP contribution in [0.15, 0.2) is 12.1 Å². The number of fused-ring (bicyclic) bond motifs is 1. The highest BCUT2D eigenvalue weighted by Crippen LogP contribution is 2.31. The summed E-state index contributed by atoms with van der Waals surface area (Å²) in [7, 11) is 3.87. The molecule has 0 saturated heterocycles. The fourth-order valence-electron chi connectivity index (χ4n) is 2.52. The van der Waals surface area contributed by atoms with Gasteiger partial charge < -0.3 is 19.7 Å². The molecule has 0 atom stereocenters. The van der Waals surface area contributed by atoms with Crippen molar-refractivity contribution in [3.63, 3.8) is 0 Å². The van der Waals surface area contributed by atoms with Crippen LogP contribution >= 0.6 is 0 Å². The van der Waals surface area contributed by atoms with Gasteiger partial charge in [-0.15, -0.1) is 0 Å².